The number of Topliss-reactive ketones (excluding diaryl/α,β-unsaturated/α-hetero) is 4. The third-order valence-corrected chi connectivity index (χ3v) is 8.68. The van der Waals surface area contributed by atoms with Crippen LogP contribution in [0.2, 0.25) is 5.15 Å². The number of hydrogen-bond donors (Lipinski definition) is 4. The van der Waals surface area contributed by atoms with Crippen LogP contribution in [0.25, 0.3) is 0 Å². The van der Waals surface area contributed by atoms with Crippen molar-refractivity contribution in [2.24, 2.45) is 29.4 Å². The summed E-state index contributed by atoms with van der Waals surface area (Å²) in [6.45, 7) is 5.21. The largest absolute Gasteiger partial charge is 0.504 e. The Balaban J connectivity index is 1.74. The topological polar surface area (TPSA) is 181 Å². The molecule has 0 aromatic carbocycles. The van der Waals surface area contributed by atoms with Crippen molar-refractivity contribution >= 4 is 46.5 Å². The van der Waals surface area contributed by atoms with Crippen molar-refractivity contribution in [2.75, 3.05) is 39.6 Å². The van der Waals surface area contributed by atoms with Gasteiger partial charge in [0.2, 0.25) is 5.91 Å². The Morgan fingerprint density at radius 3 is 2.48 bits per heavy atom. The standard InChI is InChI=1S/C27H36ClN5O7/c1-11(2)30-7-6-8-31-26-21(36)16-13(24(28)32-26)9-12-10-14-18(33(3)4)20(35)17(25(29)39)23(38)27(14,40-5)22(37)15(12)19(16)34/h11-12,14-15,17-18,30,36H,6-10H2,1-5H3,(H2,29,39)(H,31,32). The van der Waals surface area contributed by atoms with Gasteiger partial charge in [-0.15, -0.1) is 0 Å². The van der Waals surface area contributed by atoms with Gasteiger partial charge in [-0.3, -0.25) is 28.9 Å². The van der Waals surface area contributed by atoms with Crippen molar-refractivity contribution in [1.29, 1.82) is 0 Å². The highest BCUT2D eigenvalue weighted by Gasteiger charge is 2.70. The number of nitrogens with one attached hydrogen (secondary N) is 2. The fourth-order valence-corrected chi connectivity index (χ4v) is 6.91. The summed E-state index contributed by atoms with van der Waals surface area (Å²) in [5.74, 6) is -9.73. The number of aromatic hydroxyl groups is 1. The molecule has 1 amide bonds. The second-order valence-electron chi connectivity index (χ2n) is 11.3. The quantitative estimate of drug-likeness (QED) is 0.181. The minimum atomic E-state index is -2.23. The van der Waals surface area contributed by atoms with Crippen LogP contribution in [0.15, 0.2) is 0 Å². The molecule has 0 aliphatic heterocycles. The van der Waals surface area contributed by atoms with Gasteiger partial charge in [0, 0.05) is 31.2 Å². The summed E-state index contributed by atoms with van der Waals surface area (Å²) in [7, 11) is 4.35. The Labute approximate surface area is 237 Å². The molecule has 6 atom stereocenters. The van der Waals surface area contributed by atoms with Gasteiger partial charge in [0.25, 0.3) is 0 Å². The number of halogens is 1. The van der Waals surface area contributed by atoms with Crippen LogP contribution in [0.3, 0.4) is 0 Å². The molecule has 0 saturated heterocycles. The SMILES string of the molecule is COC12C(=O)C(C(N)=O)C(=O)C(N(C)C)C1CC1Cc3c(Cl)nc(NCCCNC(C)C)c(O)c3C(=O)C1C2=O. The maximum Gasteiger partial charge on any atom is 0.235 e. The predicted molar refractivity (Wildman–Crippen MR) is 145 cm³/mol. The van der Waals surface area contributed by atoms with E-state index in [1.165, 1.54) is 4.90 Å². The van der Waals surface area contributed by atoms with Gasteiger partial charge in [-0.2, -0.15) is 0 Å². The van der Waals surface area contributed by atoms with Gasteiger partial charge in [-0.1, -0.05) is 25.4 Å². The molecular weight excluding hydrogens is 542 g/mol. The van der Waals surface area contributed by atoms with Crippen LogP contribution in [0.4, 0.5) is 5.82 Å². The van der Waals surface area contributed by atoms with Crippen molar-refractivity contribution in [3.8, 4) is 5.75 Å². The summed E-state index contributed by atoms with van der Waals surface area (Å²) in [5.41, 5.74) is 3.39. The van der Waals surface area contributed by atoms with Crippen molar-refractivity contribution in [1.82, 2.24) is 15.2 Å². The third kappa shape index (κ3) is 4.60. The first kappa shape index (κ1) is 30.0. The minimum Gasteiger partial charge on any atom is -0.504 e. The number of ether oxygens (including phenoxy) is 1. The number of hydrogen-bond acceptors (Lipinski definition) is 11. The molecule has 3 aliphatic rings. The number of fused-ring (bicyclic) bond motifs is 3. The second kappa shape index (κ2) is 11.2. The highest BCUT2D eigenvalue weighted by Crippen LogP contribution is 2.53. The zero-order valence-corrected chi connectivity index (χ0v) is 24.0. The Morgan fingerprint density at radius 1 is 1.23 bits per heavy atom. The molecule has 3 aliphatic carbocycles. The number of nitrogens with two attached hydrogens (primary N) is 1. The Hall–Kier alpha value is -2.93. The van der Waals surface area contributed by atoms with Crippen LogP contribution in [0.1, 0.15) is 42.6 Å². The van der Waals surface area contributed by atoms with Crippen LogP contribution in [0, 0.1) is 23.7 Å². The number of anilines is 1. The second-order valence-corrected chi connectivity index (χ2v) is 11.7. The molecule has 2 saturated carbocycles. The van der Waals surface area contributed by atoms with E-state index in [1.807, 2.05) is 13.8 Å². The van der Waals surface area contributed by atoms with Gasteiger partial charge in [0.1, 0.15) is 5.15 Å². The summed E-state index contributed by atoms with van der Waals surface area (Å²) >= 11 is 6.50. The number of carbonyl (C=O) groups is 5. The van der Waals surface area contributed by atoms with E-state index in [9.17, 15) is 29.1 Å². The Morgan fingerprint density at radius 2 is 1.90 bits per heavy atom. The number of carbonyl (C=O) groups excluding carboxylic acids is 5. The lowest BCUT2D eigenvalue weighted by Crippen LogP contribution is -2.74. The number of ketones is 4. The van der Waals surface area contributed by atoms with Crippen molar-refractivity contribution in [3.05, 3.63) is 16.3 Å². The van der Waals surface area contributed by atoms with E-state index in [-0.39, 0.29) is 29.4 Å². The lowest BCUT2D eigenvalue weighted by molar-refractivity contribution is -0.186. The van der Waals surface area contributed by atoms with Gasteiger partial charge in [-0.25, -0.2) is 4.98 Å². The van der Waals surface area contributed by atoms with Gasteiger partial charge in [0.05, 0.1) is 17.5 Å². The van der Waals surface area contributed by atoms with Crippen molar-refractivity contribution < 1.29 is 33.8 Å². The molecule has 40 heavy (non-hydrogen) atoms. The lowest BCUT2D eigenvalue weighted by Gasteiger charge is -2.54. The molecule has 5 N–H and O–H groups in total. The molecule has 13 heteroatoms. The van der Waals surface area contributed by atoms with Gasteiger partial charge < -0.3 is 26.2 Å². The van der Waals surface area contributed by atoms with Gasteiger partial charge in [-0.05, 0) is 45.8 Å². The van der Waals surface area contributed by atoms with E-state index in [4.69, 9.17) is 22.1 Å². The van der Waals surface area contributed by atoms with E-state index >= 15 is 0 Å². The van der Waals surface area contributed by atoms with E-state index in [1.54, 1.807) is 14.1 Å². The van der Waals surface area contributed by atoms with Crippen molar-refractivity contribution in [2.45, 2.75) is 50.8 Å². The predicted octanol–water partition coefficient (Wildman–Crippen LogP) is 0.370. The summed E-state index contributed by atoms with van der Waals surface area (Å²) in [6.07, 6.45) is 0.909. The van der Waals surface area contributed by atoms with E-state index in [0.717, 1.165) is 13.7 Å². The Bertz CT molecular complexity index is 1270. The monoisotopic (exact) mass is 577 g/mol. The van der Waals surface area contributed by atoms with Crippen LogP contribution >= 0.6 is 11.6 Å². The number of rotatable bonds is 9. The first-order valence-corrected chi connectivity index (χ1v) is 13.7. The fourth-order valence-electron chi connectivity index (χ4n) is 6.66. The van der Waals surface area contributed by atoms with E-state index in [0.29, 0.717) is 24.6 Å². The first-order chi connectivity index (χ1) is 18.8. The zero-order valence-electron chi connectivity index (χ0n) is 23.2. The van der Waals surface area contributed by atoms with E-state index < -0.39 is 70.1 Å². The smallest absolute Gasteiger partial charge is 0.235 e. The molecule has 1 aromatic heterocycles. The third-order valence-electron chi connectivity index (χ3n) is 8.36. The molecule has 1 heterocycles. The van der Waals surface area contributed by atoms with E-state index in [2.05, 4.69) is 15.6 Å². The summed E-state index contributed by atoms with van der Waals surface area (Å²) in [4.78, 5) is 73.1. The molecule has 218 valence electrons. The fraction of sp³-hybridized carbons (Fsp3) is 0.630. The van der Waals surface area contributed by atoms with Gasteiger partial charge >= 0.3 is 0 Å². The molecule has 1 aromatic rings. The number of nitrogens with zero attached hydrogens (tertiary/aromatic N) is 2. The number of pyridine rings is 1. The average molecular weight is 578 g/mol. The number of primary amides is 1. The highest BCUT2D eigenvalue weighted by molar-refractivity contribution is 6.34. The van der Waals surface area contributed by atoms with Crippen LogP contribution in [-0.4, -0.2) is 96.0 Å². The number of likely N-dealkylation sites (N-methyl/N-ethyl adjacent to an activating group) is 1. The zero-order chi connectivity index (χ0) is 29.7. The molecule has 12 nitrogen and oxygen atoms in total. The minimum absolute atomic E-state index is 0.0171. The normalized spacial score (nSPS) is 29.9. The summed E-state index contributed by atoms with van der Waals surface area (Å²) in [5, 5.41) is 17.4. The highest BCUT2D eigenvalue weighted by atomic mass is 35.5. The van der Waals surface area contributed by atoms with Crippen molar-refractivity contribution in [3.63, 3.8) is 0 Å². The maximum absolute atomic E-state index is 14.2. The summed E-state index contributed by atoms with van der Waals surface area (Å²) < 4.78 is 5.62. The number of amides is 1. The maximum atomic E-state index is 14.2. The van der Waals surface area contributed by atoms with Crippen LogP contribution in [-0.2, 0) is 30.3 Å². The molecule has 0 spiro atoms. The van der Waals surface area contributed by atoms with Crippen LogP contribution < -0.4 is 16.4 Å². The molecule has 0 bridgehead atoms. The molecule has 2 fully saturated rings. The van der Waals surface area contributed by atoms with Gasteiger partial charge in [0.15, 0.2) is 46.2 Å². The summed E-state index contributed by atoms with van der Waals surface area (Å²) in [6, 6.07) is -0.714. The lowest BCUT2D eigenvalue weighted by atomic mass is 9.52. The molecule has 0 radical (unpaired) electrons. The molecular formula is C27H36ClN5O7. The Kier molecular flexibility index (Phi) is 8.38. The molecule has 6 unspecified atom stereocenters. The first-order valence-electron chi connectivity index (χ1n) is 13.4. The number of aromatic nitrogens is 1. The number of methoxy groups -OCH3 is 1. The van der Waals surface area contributed by atoms with Crippen LogP contribution in [0.5, 0.6) is 5.75 Å². The molecule has 4 rings (SSSR count). The average Bonchev–Trinajstić information content (AvgIpc) is 2.86.